The first-order chi connectivity index (χ1) is 16.2. The zero-order valence-electron chi connectivity index (χ0n) is 18.5. The number of nitrogens with one attached hydrogen (secondary N) is 2. The highest BCUT2D eigenvalue weighted by molar-refractivity contribution is 8.26. The second kappa shape index (κ2) is 18.1. The van der Waals surface area contributed by atoms with E-state index in [2.05, 4.69) is 31.3 Å². The number of carboxylic acids is 2. The first-order valence-corrected chi connectivity index (χ1v) is 12.0. The molecule has 16 heteroatoms. The van der Waals surface area contributed by atoms with E-state index in [0.717, 1.165) is 24.3 Å². The average Bonchev–Trinajstić information content (AvgIpc) is 2.73. The molecule has 0 aliphatic rings. The minimum Gasteiger partial charge on any atom is -0.477 e. The molecular formula is C19H22Cl2N2O11S. The standard InChI is InChI=1S/C10H11NO4.C7H5NO5.C2H6O.Cl2OS/c1-3-15-10(14)9-5-7(13)4-8(11-9)6(2)12;9-3-1-4(6(10)11)8-5(2-3)7(12)13;1-2-3;1-4(2)3/h4-5H,3H2,1-2H3,(H,11,13);1-2H,(H,8,9)(H,10,11)(H,12,13);3H,2H2,1H3;. The number of carbonyl (C=O) groups is 4. The van der Waals surface area contributed by atoms with Crippen LogP contribution < -0.4 is 10.9 Å². The number of hydrogen-bond acceptors (Lipinski definition) is 9. The summed E-state index contributed by atoms with van der Waals surface area (Å²) in [5.74, 6) is -3.70. The summed E-state index contributed by atoms with van der Waals surface area (Å²) in [6, 6.07) is 3.87. The highest BCUT2D eigenvalue weighted by Gasteiger charge is 2.11. The second-order valence-corrected chi connectivity index (χ2v) is 8.20. The minimum atomic E-state index is -1.67. The Kier molecular flexibility index (Phi) is 17.5. The molecule has 13 nitrogen and oxygen atoms in total. The number of carboxylic acid groups (broad SMARTS) is 2. The van der Waals surface area contributed by atoms with Gasteiger partial charge in [-0.15, -0.1) is 0 Å². The number of aromatic carboxylic acids is 2. The number of hydrogen-bond donors (Lipinski definition) is 5. The maximum Gasteiger partial charge on any atom is 0.354 e. The normalized spacial score (nSPS) is 9.23. The summed E-state index contributed by atoms with van der Waals surface area (Å²) in [4.78, 5) is 69.6. The van der Waals surface area contributed by atoms with Crippen LogP contribution in [0, 0.1) is 0 Å². The number of aromatic nitrogens is 2. The fourth-order valence-corrected chi connectivity index (χ4v) is 1.83. The molecule has 194 valence electrons. The third-order valence-electron chi connectivity index (χ3n) is 3.02. The van der Waals surface area contributed by atoms with Crippen LogP contribution in [-0.4, -0.2) is 66.4 Å². The molecule has 2 heterocycles. The highest BCUT2D eigenvalue weighted by Crippen LogP contribution is 1.99. The van der Waals surface area contributed by atoms with E-state index in [1.807, 2.05) is 0 Å². The smallest absolute Gasteiger partial charge is 0.354 e. The molecular weight excluding hydrogens is 535 g/mol. The van der Waals surface area contributed by atoms with Crippen molar-refractivity contribution in [1.29, 1.82) is 0 Å². The predicted molar refractivity (Wildman–Crippen MR) is 127 cm³/mol. The lowest BCUT2D eigenvalue weighted by Gasteiger charge is -2.02. The Bertz CT molecular complexity index is 1120. The van der Waals surface area contributed by atoms with E-state index >= 15 is 0 Å². The van der Waals surface area contributed by atoms with Crippen molar-refractivity contribution in [2.24, 2.45) is 0 Å². The first-order valence-electron chi connectivity index (χ1n) is 9.18. The van der Waals surface area contributed by atoms with E-state index in [-0.39, 0.29) is 30.4 Å². The number of halogens is 2. The monoisotopic (exact) mass is 556 g/mol. The number of ketones is 1. The quantitative estimate of drug-likeness (QED) is 0.202. The Morgan fingerprint density at radius 1 is 0.857 bits per heavy atom. The average molecular weight is 557 g/mol. The van der Waals surface area contributed by atoms with Gasteiger partial charge in [-0.1, -0.05) is 0 Å². The number of ether oxygens (including phenoxy) is 1. The molecule has 0 aliphatic carbocycles. The number of aliphatic hydroxyl groups is 1. The summed E-state index contributed by atoms with van der Waals surface area (Å²) in [6.07, 6.45) is 0. The second-order valence-electron chi connectivity index (χ2n) is 5.67. The maximum atomic E-state index is 11.3. The van der Waals surface area contributed by atoms with Crippen molar-refractivity contribution in [3.05, 3.63) is 67.5 Å². The lowest BCUT2D eigenvalue weighted by molar-refractivity contribution is 0.0518. The third kappa shape index (κ3) is 16.0. The number of pyridine rings is 2. The van der Waals surface area contributed by atoms with Gasteiger partial charge in [0.25, 0.3) is 0 Å². The number of aliphatic hydroxyl groups excluding tert-OH is 1. The fraction of sp³-hybridized carbons (Fsp3) is 0.263. The van der Waals surface area contributed by atoms with Gasteiger partial charge in [-0.3, -0.25) is 14.4 Å². The number of aromatic amines is 2. The molecule has 0 fully saturated rings. The molecule has 0 amide bonds. The van der Waals surface area contributed by atoms with E-state index in [4.69, 9.17) is 24.3 Å². The number of esters is 1. The zero-order valence-corrected chi connectivity index (χ0v) is 20.8. The van der Waals surface area contributed by atoms with Crippen molar-refractivity contribution in [3.63, 3.8) is 0 Å². The maximum absolute atomic E-state index is 11.3. The van der Waals surface area contributed by atoms with Crippen molar-refractivity contribution >= 4 is 54.3 Å². The Balaban J connectivity index is 0. The van der Waals surface area contributed by atoms with E-state index in [0.29, 0.717) is 0 Å². The number of Topliss-reactive ketones (excluding diaryl/α,β-unsaturated/α-hetero) is 1. The molecule has 0 radical (unpaired) electrons. The van der Waals surface area contributed by atoms with Crippen LogP contribution >= 0.6 is 21.4 Å². The van der Waals surface area contributed by atoms with Crippen LogP contribution in [0.5, 0.6) is 0 Å². The van der Waals surface area contributed by atoms with Crippen LogP contribution in [0.2, 0.25) is 0 Å². The summed E-state index contributed by atoms with van der Waals surface area (Å²) in [5.41, 5.74) is -1.84. The molecule has 0 saturated heterocycles. The molecule has 0 bridgehead atoms. The minimum absolute atomic E-state index is 0.00505. The lowest BCUT2D eigenvalue weighted by atomic mass is 10.2. The molecule has 35 heavy (non-hydrogen) atoms. The van der Waals surface area contributed by atoms with Gasteiger partial charge in [-0.05, 0) is 13.8 Å². The van der Waals surface area contributed by atoms with Gasteiger partial charge < -0.3 is 30.0 Å². The number of carbonyl (C=O) groups excluding carboxylic acids is 2. The van der Waals surface area contributed by atoms with E-state index in [9.17, 15) is 28.8 Å². The van der Waals surface area contributed by atoms with Crippen LogP contribution in [0.1, 0.15) is 62.7 Å². The van der Waals surface area contributed by atoms with Gasteiger partial charge in [0.2, 0.25) is 9.23 Å². The van der Waals surface area contributed by atoms with Gasteiger partial charge in [0.15, 0.2) is 16.6 Å². The van der Waals surface area contributed by atoms with Crippen LogP contribution in [0.3, 0.4) is 0 Å². The lowest BCUT2D eigenvalue weighted by Crippen LogP contribution is -2.15. The van der Waals surface area contributed by atoms with Crippen LogP contribution in [0.15, 0.2) is 33.9 Å². The number of H-pyrrole nitrogens is 2. The summed E-state index contributed by atoms with van der Waals surface area (Å²) in [6.45, 7) is 5.11. The molecule has 0 aromatic carbocycles. The summed E-state index contributed by atoms with van der Waals surface area (Å²) < 4.78 is 13.8. The number of rotatable bonds is 5. The molecule has 0 spiro atoms. The topological polar surface area (TPSA) is 221 Å². The summed E-state index contributed by atoms with van der Waals surface area (Å²) >= 11 is 0. The van der Waals surface area contributed by atoms with Gasteiger partial charge in [-0.25, -0.2) is 18.6 Å². The molecule has 2 aromatic heterocycles. The van der Waals surface area contributed by atoms with E-state index in [1.54, 1.807) is 13.8 Å². The van der Waals surface area contributed by atoms with Gasteiger partial charge in [-0.2, -0.15) is 0 Å². The molecule has 0 saturated carbocycles. The van der Waals surface area contributed by atoms with Gasteiger partial charge in [0.1, 0.15) is 17.1 Å². The zero-order chi connectivity index (χ0) is 27.7. The molecule has 0 aliphatic heterocycles. The Labute approximate surface area is 209 Å². The molecule has 2 rings (SSSR count). The highest BCUT2D eigenvalue weighted by atomic mass is 36.0. The van der Waals surface area contributed by atoms with Crippen LogP contribution in [0.4, 0.5) is 0 Å². The van der Waals surface area contributed by atoms with Crippen molar-refractivity contribution in [1.82, 2.24) is 9.97 Å². The van der Waals surface area contributed by atoms with Gasteiger partial charge in [0, 0.05) is 59.2 Å². The van der Waals surface area contributed by atoms with Crippen molar-refractivity contribution in [2.75, 3.05) is 13.2 Å². The van der Waals surface area contributed by atoms with E-state index in [1.165, 1.54) is 6.92 Å². The molecule has 2 aromatic rings. The van der Waals surface area contributed by atoms with E-state index < -0.39 is 49.4 Å². The predicted octanol–water partition coefficient (Wildman–Crippen LogP) is 1.57. The van der Waals surface area contributed by atoms with Crippen molar-refractivity contribution in [2.45, 2.75) is 20.8 Å². The Morgan fingerprint density at radius 3 is 1.49 bits per heavy atom. The molecule has 0 atom stereocenters. The van der Waals surface area contributed by atoms with Gasteiger partial charge in [0.05, 0.1) is 12.3 Å². The Morgan fingerprint density at radius 2 is 1.17 bits per heavy atom. The SMILES string of the molecule is CCO.CCOC(=O)c1cc(=O)cc(C(C)=O)[nH]1.O=C(O)c1cc(=O)cc(C(=O)O)[nH]1.O=S(Cl)Cl. The molecule has 5 N–H and O–H groups in total. The largest absolute Gasteiger partial charge is 0.477 e. The Hall–Kier alpha value is -3.33. The third-order valence-corrected chi connectivity index (χ3v) is 3.02. The summed E-state index contributed by atoms with van der Waals surface area (Å²) in [7, 11) is 7.36. The van der Waals surface area contributed by atoms with Crippen molar-refractivity contribution in [3.8, 4) is 0 Å². The van der Waals surface area contributed by atoms with Gasteiger partial charge >= 0.3 is 17.9 Å². The molecule has 0 unspecified atom stereocenters. The summed E-state index contributed by atoms with van der Waals surface area (Å²) in [5, 5.41) is 24.5. The fourth-order valence-electron chi connectivity index (χ4n) is 1.83. The van der Waals surface area contributed by atoms with Crippen molar-refractivity contribution < 1.29 is 43.4 Å². The van der Waals surface area contributed by atoms with Crippen LogP contribution in [0.25, 0.3) is 0 Å². The van der Waals surface area contributed by atoms with Crippen LogP contribution in [-0.2, 0) is 14.0 Å². The first kappa shape index (κ1) is 33.8.